The summed E-state index contributed by atoms with van der Waals surface area (Å²) in [4.78, 5) is 37.7. The van der Waals surface area contributed by atoms with Crippen LogP contribution in [0.1, 0.15) is 37.6 Å². The first-order valence-electron chi connectivity index (χ1n) is 8.20. The summed E-state index contributed by atoms with van der Waals surface area (Å²) in [6.07, 6.45) is -1.53. The molecule has 1 aliphatic rings. The van der Waals surface area contributed by atoms with Crippen LogP contribution in [0.3, 0.4) is 0 Å². The van der Waals surface area contributed by atoms with Crippen LogP contribution in [0, 0.1) is 0 Å². The predicted octanol–water partition coefficient (Wildman–Crippen LogP) is 2.44. The van der Waals surface area contributed by atoms with Crippen molar-refractivity contribution in [2.75, 3.05) is 13.2 Å². The number of benzene rings is 1. The molecule has 1 saturated heterocycles. The minimum atomic E-state index is -0.988. The van der Waals surface area contributed by atoms with Crippen LogP contribution >= 0.6 is 11.6 Å². The molecule has 26 heavy (non-hydrogen) atoms. The maximum absolute atomic E-state index is 12.3. The molecule has 142 valence electrons. The highest BCUT2D eigenvalue weighted by Crippen LogP contribution is 2.22. The summed E-state index contributed by atoms with van der Waals surface area (Å²) in [5.41, 5.74) is -0.374. The predicted molar refractivity (Wildman–Crippen MR) is 94.1 cm³/mol. The highest BCUT2D eigenvalue weighted by Gasteiger charge is 2.42. The zero-order valence-electron chi connectivity index (χ0n) is 14.9. The molecule has 1 aromatic carbocycles. The Kier molecular flexibility index (Phi) is 6.26. The number of aliphatic hydroxyl groups excluding tert-OH is 1. The number of rotatable bonds is 4. The van der Waals surface area contributed by atoms with E-state index >= 15 is 0 Å². The standard InChI is InChI=1S/C18H22ClNO6/c1-18(2,3)26-17(24)20-9-13(21)8-14(20)16(23)25-10-15(22)11-4-6-12(19)7-5-11/h4-7,13-14,21H,8-10H2,1-3H3/t13-,14+/m1/s1. The molecule has 0 spiro atoms. The Morgan fingerprint density at radius 3 is 2.42 bits per heavy atom. The van der Waals surface area contributed by atoms with Crippen molar-refractivity contribution in [2.45, 2.75) is 44.9 Å². The highest BCUT2D eigenvalue weighted by atomic mass is 35.5. The third-order valence-electron chi connectivity index (χ3n) is 3.69. The van der Waals surface area contributed by atoms with Gasteiger partial charge < -0.3 is 14.6 Å². The number of aliphatic hydroxyl groups is 1. The Bertz CT molecular complexity index is 682. The average molecular weight is 384 g/mol. The quantitative estimate of drug-likeness (QED) is 0.634. The number of ether oxygens (including phenoxy) is 2. The van der Waals surface area contributed by atoms with Crippen molar-refractivity contribution in [3.8, 4) is 0 Å². The van der Waals surface area contributed by atoms with Crippen LogP contribution in [0.2, 0.25) is 5.02 Å². The van der Waals surface area contributed by atoms with Crippen LogP contribution in [0.25, 0.3) is 0 Å². The molecule has 0 aromatic heterocycles. The summed E-state index contributed by atoms with van der Waals surface area (Å²) in [6.45, 7) is 4.62. The van der Waals surface area contributed by atoms with Crippen molar-refractivity contribution in [3.63, 3.8) is 0 Å². The van der Waals surface area contributed by atoms with E-state index in [1.807, 2.05) is 0 Å². The summed E-state index contributed by atoms with van der Waals surface area (Å²) in [7, 11) is 0. The third kappa shape index (κ3) is 5.44. The van der Waals surface area contributed by atoms with E-state index in [1.54, 1.807) is 32.9 Å². The van der Waals surface area contributed by atoms with E-state index in [2.05, 4.69) is 0 Å². The molecular weight excluding hydrogens is 362 g/mol. The van der Waals surface area contributed by atoms with Gasteiger partial charge in [0.1, 0.15) is 11.6 Å². The van der Waals surface area contributed by atoms with Gasteiger partial charge in [-0.2, -0.15) is 0 Å². The van der Waals surface area contributed by atoms with Gasteiger partial charge in [0.15, 0.2) is 12.4 Å². The number of amides is 1. The third-order valence-corrected chi connectivity index (χ3v) is 3.94. The number of Topliss-reactive ketones (excluding diaryl/α,β-unsaturated/α-hetero) is 1. The summed E-state index contributed by atoms with van der Waals surface area (Å²) < 4.78 is 10.3. The Labute approximate surface area is 156 Å². The summed E-state index contributed by atoms with van der Waals surface area (Å²) in [5, 5.41) is 10.3. The molecule has 1 N–H and O–H groups in total. The van der Waals surface area contributed by atoms with E-state index < -0.39 is 42.2 Å². The maximum Gasteiger partial charge on any atom is 0.411 e. The van der Waals surface area contributed by atoms with Gasteiger partial charge in [0.25, 0.3) is 0 Å². The molecule has 8 heteroatoms. The van der Waals surface area contributed by atoms with E-state index in [0.29, 0.717) is 10.6 Å². The number of esters is 1. The van der Waals surface area contributed by atoms with E-state index in [0.717, 1.165) is 4.90 Å². The second-order valence-corrected chi connectivity index (χ2v) is 7.51. The number of likely N-dealkylation sites (tertiary alicyclic amines) is 1. The van der Waals surface area contributed by atoms with Gasteiger partial charge >= 0.3 is 12.1 Å². The molecule has 1 aliphatic heterocycles. The Morgan fingerprint density at radius 2 is 1.85 bits per heavy atom. The molecule has 1 heterocycles. The lowest BCUT2D eigenvalue weighted by Gasteiger charge is -2.27. The van der Waals surface area contributed by atoms with Gasteiger partial charge in [0.2, 0.25) is 0 Å². The molecule has 0 aliphatic carbocycles. The topological polar surface area (TPSA) is 93.1 Å². The Balaban J connectivity index is 1.97. The minimum absolute atomic E-state index is 0.0280. The van der Waals surface area contributed by atoms with E-state index in [4.69, 9.17) is 21.1 Å². The highest BCUT2D eigenvalue weighted by molar-refractivity contribution is 6.30. The van der Waals surface area contributed by atoms with Crippen molar-refractivity contribution in [3.05, 3.63) is 34.9 Å². The zero-order chi connectivity index (χ0) is 19.5. The summed E-state index contributed by atoms with van der Waals surface area (Å²) >= 11 is 5.77. The fourth-order valence-electron chi connectivity index (χ4n) is 2.51. The van der Waals surface area contributed by atoms with Crippen molar-refractivity contribution in [1.29, 1.82) is 0 Å². The summed E-state index contributed by atoms with van der Waals surface area (Å²) in [6, 6.07) is 5.20. The number of carbonyl (C=O) groups excluding carboxylic acids is 3. The van der Waals surface area contributed by atoms with E-state index in [9.17, 15) is 19.5 Å². The van der Waals surface area contributed by atoms with Crippen LogP contribution in [-0.4, -0.2) is 58.8 Å². The molecule has 1 aromatic rings. The lowest BCUT2D eigenvalue weighted by atomic mass is 10.1. The first-order valence-corrected chi connectivity index (χ1v) is 8.57. The number of nitrogens with zero attached hydrogens (tertiary/aromatic N) is 1. The van der Waals surface area contributed by atoms with Crippen LogP contribution in [0.5, 0.6) is 0 Å². The van der Waals surface area contributed by atoms with Gasteiger partial charge in [-0.25, -0.2) is 9.59 Å². The molecule has 0 saturated carbocycles. The van der Waals surface area contributed by atoms with E-state index in [-0.39, 0.29) is 13.0 Å². The lowest BCUT2D eigenvalue weighted by Crippen LogP contribution is -2.44. The van der Waals surface area contributed by atoms with Crippen molar-refractivity contribution in [1.82, 2.24) is 4.90 Å². The number of β-amino-alcohol motifs (C(OH)–C–C–N with tert-alkyl or cyclic N) is 1. The van der Waals surface area contributed by atoms with Crippen LogP contribution in [0.15, 0.2) is 24.3 Å². The number of hydrogen-bond acceptors (Lipinski definition) is 6. The lowest BCUT2D eigenvalue weighted by molar-refractivity contribution is -0.147. The molecule has 0 bridgehead atoms. The maximum atomic E-state index is 12.3. The van der Waals surface area contributed by atoms with Crippen LogP contribution < -0.4 is 0 Å². The van der Waals surface area contributed by atoms with Gasteiger partial charge in [-0.05, 0) is 45.0 Å². The number of ketones is 1. The molecule has 1 amide bonds. The molecule has 2 atom stereocenters. The first-order chi connectivity index (χ1) is 12.1. The van der Waals surface area contributed by atoms with Crippen LogP contribution in [0.4, 0.5) is 4.79 Å². The second-order valence-electron chi connectivity index (χ2n) is 7.08. The SMILES string of the molecule is CC(C)(C)OC(=O)N1C[C@H](O)C[C@H]1C(=O)OCC(=O)c1ccc(Cl)cc1. The molecule has 1 fully saturated rings. The first kappa shape index (κ1) is 20.2. The number of halogens is 1. The molecule has 7 nitrogen and oxygen atoms in total. The minimum Gasteiger partial charge on any atom is -0.456 e. The van der Waals surface area contributed by atoms with Gasteiger partial charge in [0.05, 0.1) is 12.6 Å². The largest absolute Gasteiger partial charge is 0.456 e. The second kappa shape index (κ2) is 8.05. The normalized spacial score (nSPS) is 20.0. The fourth-order valence-corrected chi connectivity index (χ4v) is 2.64. The smallest absolute Gasteiger partial charge is 0.411 e. The average Bonchev–Trinajstić information content (AvgIpc) is 2.93. The van der Waals surface area contributed by atoms with Crippen molar-refractivity contribution in [2.24, 2.45) is 0 Å². The van der Waals surface area contributed by atoms with Gasteiger partial charge in [-0.1, -0.05) is 11.6 Å². The van der Waals surface area contributed by atoms with Crippen molar-refractivity contribution < 1.29 is 29.0 Å². The summed E-state index contributed by atoms with van der Waals surface area (Å²) in [5.74, 6) is -1.15. The van der Waals surface area contributed by atoms with Crippen LogP contribution in [-0.2, 0) is 14.3 Å². The van der Waals surface area contributed by atoms with Gasteiger partial charge in [0, 0.05) is 17.0 Å². The molecule has 0 unspecified atom stereocenters. The Hall–Kier alpha value is -2.12. The van der Waals surface area contributed by atoms with E-state index in [1.165, 1.54) is 12.1 Å². The molecular formula is C18H22ClNO6. The monoisotopic (exact) mass is 383 g/mol. The Morgan fingerprint density at radius 1 is 1.23 bits per heavy atom. The number of carbonyl (C=O) groups is 3. The van der Waals surface area contributed by atoms with Gasteiger partial charge in [-0.15, -0.1) is 0 Å². The fraction of sp³-hybridized carbons (Fsp3) is 0.500. The molecule has 0 radical (unpaired) electrons. The van der Waals surface area contributed by atoms with Gasteiger partial charge in [-0.3, -0.25) is 9.69 Å². The molecule has 2 rings (SSSR count). The zero-order valence-corrected chi connectivity index (χ0v) is 15.7. The number of hydrogen-bond donors (Lipinski definition) is 1. The van der Waals surface area contributed by atoms with Crippen molar-refractivity contribution >= 4 is 29.4 Å².